The van der Waals surface area contributed by atoms with Crippen LogP contribution in [0.5, 0.6) is 28.7 Å². The van der Waals surface area contributed by atoms with Gasteiger partial charge in [-0.15, -0.1) is 0 Å². The Kier molecular flexibility index (Phi) is 5.23. The van der Waals surface area contributed by atoms with Gasteiger partial charge in [0.15, 0.2) is 23.0 Å². The number of fused-ring (bicyclic) bond motifs is 1. The normalized spacial score (nSPS) is 18.2. The number of ether oxygens (including phenoxy) is 3. The minimum absolute atomic E-state index is 0.0998. The maximum atomic E-state index is 10.6. The van der Waals surface area contributed by atoms with Gasteiger partial charge in [0.1, 0.15) is 12.4 Å². The number of rotatable bonds is 6. The number of carbonyl (C=O) groups excluding carboxylic acids is 1. The van der Waals surface area contributed by atoms with E-state index in [4.69, 9.17) is 14.2 Å². The number of methoxy groups -OCH3 is 2. The molecule has 0 radical (unpaired) electrons. The van der Waals surface area contributed by atoms with E-state index < -0.39 is 12.0 Å². The summed E-state index contributed by atoms with van der Waals surface area (Å²) in [6.45, 7) is -0.217. The highest BCUT2D eigenvalue weighted by atomic mass is 16.5. The molecule has 7 heteroatoms. The van der Waals surface area contributed by atoms with Crippen LogP contribution in [0.25, 0.3) is 6.08 Å². The van der Waals surface area contributed by atoms with E-state index in [1.54, 1.807) is 18.2 Å². The maximum Gasteiger partial charge on any atom is 0.200 e. The van der Waals surface area contributed by atoms with Gasteiger partial charge in [-0.3, -0.25) is 4.79 Å². The molecule has 27 heavy (non-hydrogen) atoms. The predicted molar refractivity (Wildman–Crippen MR) is 97.6 cm³/mol. The molecule has 7 nitrogen and oxygen atoms in total. The molecule has 2 atom stereocenters. The summed E-state index contributed by atoms with van der Waals surface area (Å²) in [5.74, 6) is -0.0985. The number of carbonyl (C=O) groups is 1. The highest BCUT2D eigenvalue weighted by Gasteiger charge is 2.38. The van der Waals surface area contributed by atoms with Crippen LogP contribution in [-0.2, 0) is 4.79 Å². The number of hydrogen-bond acceptors (Lipinski definition) is 7. The van der Waals surface area contributed by atoms with Crippen LogP contribution in [0.15, 0.2) is 30.3 Å². The Morgan fingerprint density at radius 1 is 1.11 bits per heavy atom. The Morgan fingerprint density at radius 3 is 2.48 bits per heavy atom. The topological polar surface area (TPSA) is 105 Å². The molecule has 0 amide bonds. The molecule has 2 aromatic rings. The number of phenols is 2. The van der Waals surface area contributed by atoms with Crippen molar-refractivity contribution in [3.05, 3.63) is 47.0 Å². The Balaban J connectivity index is 2.09. The second-order valence-corrected chi connectivity index (χ2v) is 6.06. The van der Waals surface area contributed by atoms with Gasteiger partial charge >= 0.3 is 0 Å². The predicted octanol–water partition coefficient (Wildman–Crippen LogP) is 2.54. The second kappa shape index (κ2) is 7.59. The Labute approximate surface area is 156 Å². The van der Waals surface area contributed by atoms with Crippen molar-refractivity contribution < 1.29 is 34.3 Å². The molecule has 0 unspecified atom stereocenters. The number of hydrogen-bond donors (Lipinski definition) is 3. The average Bonchev–Trinajstić information content (AvgIpc) is 3.06. The number of benzene rings is 2. The van der Waals surface area contributed by atoms with Crippen LogP contribution in [0.2, 0.25) is 0 Å². The van der Waals surface area contributed by atoms with Crippen LogP contribution in [0, 0.1) is 0 Å². The van der Waals surface area contributed by atoms with Crippen molar-refractivity contribution in [2.45, 2.75) is 12.0 Å². The molecule has 0 fully saturated rings. The van der Waals surface area contributed by atoms with Gasteiger partial charge in [0.05, 0.1) is 26.7 Å². The molecule has 3 rings (SSSR count). The largest absolute Gasteiger partial charge is 0.504 e. The monoisotopic (exact) mass is 372 g/mol. The Bertz CT molecular complexity index is 888. The maximum absolute atomic E-state index is 10.6. The minimum atomic E-state index is -0.621. The van der Waals surface area contributed by atoms with Gasteiger partial charge < -0.3 is 29.5 Å². The van der Waals surface area contributed by atoms with E-state index in [2.05, 4.69) is 0 Å². The van der Waals surface area contributed by atoms with Crippen molar-refractivity contribution >= 4 is 12.4 Å². The molecule has 1 heterocycles. The number of phenolic OH excluding ortho intramolecular Hbond substituents is 2. The summed E-state index contributed by atoms with van der Waals surface area (Å²) in [7, 11) is 2.88. The molecular formula is C20H20O7. The van der Waals surface area contributed by atoms with Crippen molar-refractivity contribution in [2.75, 3.05) is 20.8 Å². The number of aliphatic hydroxyl groups is 1. The first-order chi connectivity index (χ1) is 13.0. The van der Waals surface area contributed by atoms with Gasteiger partial charge in [0.25, 0.3) is 0 Å². The Morgan fingerprint density at radius 2 is 1.85 bits per heavy atom. The summed E-state index contributed by atoms with van der Waals surface area (Å²) in [5, 5.41) is 29.8. The van der Waals surface area contributed by atoms with Gasteiger partial charge in [0.2, 0.25) is 5.75 Å². The van der Waals surface area contributed by atoms with Crippen molar-refractivity contribution in [1.82, 2.24) is 0 Å². The lowest BCUT2D eigenvalue weighted by Crippen LogP contribution is -2.13. The smallest absolute Gasteiger partial charge is 0.200 e. The van der Waals surface area contributed by atoms with Crippen LogP contribution in [0.4, 0.5) is 0 Å². The lowest BCUT2D eigenvalue weighted by molar-refractivity contribution is -0.104. The number of allylic oxidation sites excluding steroid dienone is 1. The molecule has 0 bridgehead atoms. The van der Waals surface area contributed by atoms with Gasteiger partial charge in [-0.05, 0) is 35.9 Å². The molecule has 1 aliphatic heterocycles. The highest BCUT2D eigenvalue weighted by molar-refractivity contribution is 5.75. The third kappa shape index (κ3) is 3.29. The fourth-order valence-electron chi connectivity index (χ4n) is 3.25. The lowest BCUT2D eigenvalue weighted by atomic mass is 9.90. The molecule has 1 aliphatic rings. The quantitative estimate of drug-likeness (QED) is 0.406. The fourth-order valence-corrected chi connectivity index (χ4v) is 3.25. The highest BCUT2D eigenvalue weighted by Crippen LogP contribution is 2.52. The first-order valence-electron chi connectivity index (χ1n) is 8.25. The van der Waals surface area contributed by atoms with Gasteiger partial charge in [-0.1, -0.05) is 6.08 Å². The molecule has 0 aromatic heterocycles. The van der Waals surface area contributed by atoms with Crippen LogP contribution in [0.1, 0.15) is 28.7 Å². The fraction of sp³-hybridized carbons (Fsp3) is 0.250. The van der Waals surface area contributed by atoms with E-state index in [1.165, 1.54) is 26.4 Å². The van der Waals surface area contributed by atoms with E-state index in [0.29, 0.717) is 23.3 Å². The molecule has 142 valence electrons. The summed E-state index contributed by atoms with van der Waals surface area (Å²) in [6, 6.07) is 6.46. The first kappa shape index (κ1) is 18.6. The SMILES string of the molecule is COc1cc([C@@H]2Oc3c(OC)cc(/C=C/C=O)cc3[C@H]2CO)cc(O)c1O. The third-order valence-electron chi connectivity index (χ3n) is 4.53. The summed E-state index contributed by atoms with van der Waals surface area (Å²) >= 11 is 0. The lowest BCUT2D eigenvalue weighted by Gasteiger charge is -2.19. The van der Waals surface area contributed by atoms with E-state index in [9.17, 15) is 20.1 Å². The second-order valence-electron chi connectivity index (χ2n) is 6.06. The van der Waals surface area contributed by atoms with E-state index >= 15 is 0 Å². The number of aromatic hydroxyl groups is 2. The number of aliphatic hydroxyl groups excluding tert-OH is 1. The zero-order valence-corrected chi connectivity index (χ0v) is 14.9. The van der Waals surface area contributed by atoms with E-state index in [1.807, 2.05) is 6.07 Å². The average molecular weight is 372 g/mol. The molecule has 0 aliphatic carbocycles. The van der Waals surface area contributed by atoms with Crippen molar-refractivity contribution in [1.29, 1.82) is 0 Å². The molecule has 0 saturated carbocycles. The summed E-state index contributed by atoms with van der Waals surface area (Å²) in [4.78, 5) is 10.6. The third-order valence-corrected chi connectivity index (χ3v) is 4.53. The van der Waals surface area contributed by atoms with Gasteiger partial charge in [-0.25, -0.2) is 0 Å². The molecule has 0 saturated heterocycles. The van der Waals surface area contributed by atoms with Crippen LogP contribution >= 0.6 is 0 Å². The van der Waals surface area contributed by atoms with Crippen molar-refractivity contribution in [2.24, 2.45) is 0 Å². The number of aldehydes is 1. The standard InChI is InChI=1S/C20H20O7/c1-25-16-9-12(8-15(23)18(16)24)19-14(10-22)13-6-11(4-3-5-21)7-17(26-2)20(13)27-19/h3-9,14,19,22-24H,10H2,1-2H3/b4-3+/t14-,19+/m1/s1. The first-order valence-corrected chi connectivity index (χ1v) is 8.25. The summed E-state index contributed by atoms with van der Waals surface area (Å²) < 4.78 is 16.5. The molecule has 3 N–H and O–H groups in total. The van der Waals surface area contributed by atoms with Gasteiger partial charge in [0, 0.05) is 11.1 Å². The Hall–Kier alpha value is -3.19. The van der Waals surface area contributed by atoms with E-state index in [0.717, 1.165) is 11.1 Å². The minimum Gasteiger partial charge on any atom is -0.504 e. The summed E-state index contributed by atoms with van der Waals surface area (Å²) in [5.41, 5.74) is 1.98. The zero-order valence-electron chi connectivity index (χ0n) is 14.9. The van der Waals surface area contributed by atoms with Crippen LogP contribution in [0.3, 0.4) is 0 Å². The molecule has 0 spiro atoms. The van der Waals surface area contributed by atoms with Crippen LogP contribution < -0.4 is 14.2 Å². The molecular weight excluding hydrogens is 352 g/mol. The molecule has 2 aromatic carbocycles. The van der Waals surface area contributed by atoms with Crippen molar-refractivity contribution in [3.63, 3.8) is 0 Å². The van der Waals surface area contributed by atoms with Crippen LogP contribution in [-0.4, -0.2) is 42.4 Å². The van der Waals surface area contributed by atoms with Crippen molar-refractivity contribution in [3.8, 4) is 28.7 Å². The zero-order chi connectivity index (χ0) is 19.6. The van der Waals surface area contributed by atoms with Gasteiger partial charge in [-0.2, -0.15) is 0 Å². The summed E-state index contributed by atoms with van der Waals surface area (Å²) in [6.07, 6.45) is 3.05. The van der Waals surface area contributed by atoms with E-state index in [-0.39, 0.29) is 23.9 Å².